The zero-order valence-corrected chi connectivity index (χ0v) is 22.3. The predicted octanol–water partition coefficient (Wildman–Crippen LogP) is 4.44. The second-order valence-electron chi connectivity index (χ2n) is 10.7. The van der Waals surface area contributed by atoms with Crippen LogP contribution >= 0.6 is 0 Å². The van der Waals surface area contributed by atoms with Crippen molar-refractivity contribution in [3.05, 3.63) is 42.1 Å². The number of nitrogens with one attached hydrogen (secondary N) is 1. The molecule has 0 spiro atoms. The predicted molar refractivity (Wildman–Crippen MR) is 147 cm³/mol. The smallest absolute Gasteiger partial charge is 0.253 e. The molecule has 1 aromatic carbocycles. The van der Waals surface area contributed by atoms with Crippen LogP contribution in [0.3, 0.4) is 0 Å². The highest BCUT2D eigenvalue weighted by molar-refractivity contribution is 5.94. The van der Waals surface area contributed by atoms with E-state index in [4.69, 9.17) is 9.72 Å². The Hall–Kier alpha value is -2.87. The molecule has 8 nitrogen and oxygen atoms in total. The Bertz CT molecular complexity index is 1020. The number of carbonyl (C=O) groups excluding carboxylic acids is 1. The Labute approximate surface area is 221 Å². The lowest BCUT2D eigenvalue weighted by Gasteiger charge is -2.39. The molecule has 37 heavy (non-hydrogen) atoms. The van der Waals surface area contributed by atoms with E-state index < -0.39 is 0 Å². The fraction of sp³-hybridized carbons (Fsp3) is 0.621. The van der Waals surface area contributed by atoms with Gasteiger partial charge < -0.3 is 19.9 Å². The lowest BCUT2D eigenvalue weighted by molar-refractivity contribution is 0.0619. The second-order valence-corrected chi connectivity index (χ2v) is 10.7. The molecule has 0 bridgehead atoms. The molecule has 0 radical (unpaired) electrons. The summed E-state index contributed by atoms with van der Waals surface area (Å²) in [6.45, 7) is 5.92. The first-order valence-corrected chi connectivity index (χ1v) is 14.2. The molecule has 1 N–H and O–H groups in total. The first kappa shape index (κ1) is 25.8. The summed E-state index contributed by atoms with van der Waals surface area (Å²) in [5, 5.41) is 3.68. The van der Waals surface area contributed by atoms with Gasteiger partial charge in [-0.3, -0.25) is 9.69 Å². The average Bonchev–Trinajstić information content (AvgIpc) is 3.37. The maximum atomic E-state index is 13.1. The van der Waals surface area contributed by atoms with Gasteiger partial charge in [0.1, 0.15) is 11.6 Å². The van der Waals surface area contributed by atoms with E-state index in [2.05, 4.69) is 26.2 Å². The molecule has 1 amide bonds. The second kappa shape index (κ2) is 12.6. The van der Waals surface area contributed by atoms with Gasteiger partial charge in [-0.15, -0.1) is 0 Å². The van der Waals surface area contributed by atoms with Crippen molar-refractivity contribution in [1.29, 1.82) is 0 Å². The molecule has 1 aromatic heterocycles. The molecule has 1 unspecified atom stereocenters. The van der Waals surface area contributed by atoms with Gasteiger partial charge in [-0.25, -0.2) is 4.98 Å². The Morgan fingerprint density at radius 3 is 2.51 bits per heavy atom. The summed E-state index contributed by atoms with van der Waals surface area (Å²) in [5.41, 5.74) is 0.708. The molecule has 0 aliphatic carbocycles. The molecule has 5 rings (SSSR count). The van der Waals surface area contributed by atoms with Gasteiger partial charge >= 0.3 is 0 Å². The van der Waals surface area contributed by atoms with Gasteiger partial charge in [0.2, 0.25) is 5.95 Å². The molecule has 8 heteroatoms. The summed E-state index contributed by atoms with van der Waals surface area (Å²) in [4.78, 5) is 29.6. The minimum atomic E-state index is 0.106. The fourth-order valence-corrected chi connectivity index (χ4v) is 6.07. The van der Waals surface area contributed by atoms with E-state index >= 15 is 0 Å². The van der Waals surface area contributed by atoms with E-state index in [0.29, 0.717) is 17.6 Å². The molecule has 1 atom stereocenters. The van der Waals surface area contributed by atoms with Crippen molar-refractivity contribution in [3.8, 4) is 5.75 Å². The van der Waals surface area contributed by atoms with E-state index in [1.807, 2.05) is 35.4 Å². The third kappa shape index (κ3) is 6.72. The van der Waals surface area contributed by atoms with Gasteiger partial charge in [0.15, 0.2) is 0 Å². The molecule has 3 fully saturated rings. The van der Waals surface area contributed by atoms with E-state index in [0.717, 1.165) is 76.0 Å². The summed E-state index contributed by atoms with van der Waals surface area (Å²) >= 11 is 0. The summed E-state index contributed by atoms with van der Waals surface area (Å²) in [5.74, 6) is 2.64. The Morgan fingerprint density at radius 2 is 1.73 bits per heavy atom. The number of hydrogen-bond donors (Lipinski definition) is 1. The van der Waals surface area contributed by atoms with Crippen molar-refractivity contribution in [2.75, 3.05) is 56.6 Å². The van der Waals surface area contributed by atoms with E-state index in [1.165, 1.54) is 38.5 Å². The SMILES string of the molecule is COc1cccc(C(=O)N2CCC(N3CCCCC(Nc4nccc(N5CCCCCC5)n4)C3)CC2)c1. The quantitative estimate of drug-likeness (QED) is 0.621. The van der Waals surface area contributed by atoms with Crippen molar-refractivity contribution in [1.82, 2.24) is 19.8 Å². The van der Waals surface area contributed by atoms with Gasteiger partial charge in [0.25, 0.3) is 5.91 Å². The summed E-state index contributed by atoms with van der Waals surface area (Å²) in [6, 6.07) is 10.4. The lowest BCUT2D eigenvalue weighted by Crippen LogP contribution is -2.49. The van der Waals surface area contributed by atoms with Crippen molar-refractivity contribution in [2.24, 2.45) is 0 Å². The number of rotatable bonds is 6. The number of anilines is 2. The van der Waals surface area contributed by atoms with Crippen LogP contribution in [-0.2, 0) is 0 Å². The third-order valence-electron chi connectivity index (χ3n) is 8.19. The van der Waals surface area contributed by atoms with Crippen LogP contribution in [0.2, 0.25) is 0 Å². The molecule has 4 heterocycles. The molecule has 3 saturated heterocycles. The normalized spacial score (nSPS) is 22.2. The number of nitrogens with zero attached hydrogens (tertiary/aromatic N) is 5. The number of likely N-dealkylation sites (tertiary alicyclic amines) is 2. The topological polar surface area (TPSA) is 73.8 Å². The van der Waals surface area contributed by atoms with Crippen molar-refractivity contribution < 1.29 is 9.53 Å². The molecule has 0 saturated carbocycles. The van der Waals surface area contributed by atoms with Crippen LogP contribution < -0.4 is 15.0 Å². The van der Waals surface area contributed by atoms with Crippen LogP contribution in [0.25, 0.3) is 0 Å². The minimum absolute atomic E-state index is 0.106. The first-order valence-electron chi connectivity index (χ1n) is 14.2. The van der Waals surface area contributed by atoms with E-state index in [-0.39, 0.29) is 5.91 Å². The highest BCUT2D eigenvalue weighted by atomic mass is 16.5. The van der Waals surface area contributed by atoms with Crippen LogP contribution in [0.4, 0.5) is 11.8 Å². The standard InChI is InChI=1S/C29H42N6O2/c1-37-26-11-8-9-23(21-26)28(36)34-19-13-25(14-20-34)35-18-7-4-10-24(22-35)31-29-30-15-12-27(32-29)33-16-5-2-3-6-17-33/h8-9,11-12,15,21,24-25H,2-7,10,13-14,16-20,22H2,1H3,(H,30,31,32). The molecule has 3 aliphatic rings. The molecule has 3 aliphatic heterocycles. The van der Waals surface area contributed by atoms with Gasteiger partial charge in [0.05, 0.1) is 7.11 Å². The van der Waals surface area contributed by atoms with Crippen LogP contribution in [0, 0.1) is 0 Å². The van der Waals surface area contributed by atoms with Gasteiger partial charge in [-0.2, -0.15) is 4.98 Å². The van der Waals surface area contributed by atoms with Crippen molar-refractivity contribution in [3.63, 3.8) is 0 Å². The average molecular weight is 507 g/mol. The highest BCUT2D eigenvalue weighted by Crippen LogP contribution is 2.24. The number of benzene rings is 1. The Balaban J connectivity index is 1.16. The van der Waals surface area contributed by atoms with Crippen LogP contribution in [0.15, 0.2) is 36.5 Å². The zero-order valence-electron chi connectivity index (χ0n) is 22.3. The maximum Gasteiger partial charge on any atom is 0.253 e. The van der Waals surface area contributed by atoms with E-state index in [9.17, 15) is 4.79 Å². The van der Waals surface area contributed by atoms with Crippen LogP contribution in [0.1, 0.15) is 68.1 Å². The fourth-order valence-electron chi connectivity index (χ4n) is 6.07. The van der Waals surface area contributed by atoms with Crippen molar-refractivity contribution in [2.45, 2.75) is 69.9 Å². The zero-order chi connectivity index (χ0) is 25.5. The molecular weight excluding hydrogens is 464 g/mol. The number of hydrogen-bond acceptors (Lipinski definition) is 7. The minimum Gasteiger partial charge on any atom is -0.497 e. The number of ether oxygens (including phenoxy) is 1. The lowest BCUT2D eigenvalue weighted by atomic mass is 10.0. The maximum absolute atomic E-state index is 13.1. The third-order valence-corrected chi connectivity index (χ3v) is 8.19. The Kier molecular flexibility index (Phi) is 8.76. The summed E-state index contributed by atoms with van der Waals surface area (Å²) in [6.07, 6.45) is 12.6. The first-order chi connectivity index (χ1) is 18.2. The van der Waals surface area contributed by atoms with Gasteiger partial charge in [0, 0.05) is 56.6 Å². The van der Waals surface area contributed by atoms with Crippen LogP contribution in [0.5, 0.6) is 5.75 Å². The monoisotopic (exact) mass is 506 g/mol. The summed E-state index contributed by atoms with van der Waals surface area (Å²) < 4.78 is 5.30. The van der Waals surface area contributed by atoms with Crippen LogP contribution in [-0.4, -0.2) is 84.1 Å². The largest absolute Gasteiger partial charge is 0.497 e. The molecule has 2 aromatic rings. The molecule has 200 valence electrons. The van der Waals surface area contributed by atoms with Gasteiger partial charge in [-0.05, 0) is 69.3 Å². The van der Waals surface area contributed by atoms with Gasteiger partial charge in [-0.1, -0.05) is 25.3 Å². The van der Waals surface area contributed by atoms with Crippen molar-refractivity contribution >= 4 is 17.7 Å². The molecular formula is C29H42N6O2. The number of carbonyl (C=O) groups is 1. The summed E-state index contributed by atoms with van der Waals surface area (Å²) in [7, 11) is 1.64. The Morgan fingerprint density at radius 1 is 0.946 bits per heavy atom. The number of amides is 1. The number of aromatic nitrogens is 2. The number of methoxy groups -OCH3 is 1. The number of piperidine rings is 1. The highest BCUT2D eigenvalue weighted by Gasteiger charge is 2.30. The van der Waals surface area contributed by atoms with E-state index in [1.54, 1.807) is 7.11 Å².